The van der Waals surface area contributed by atoms with Crippen molar-refractivity contribution in [3.8, 4) is 0 Å². The lowest BCUT2D eigenvalue weighted by Gasteiger charge is -1.98. The van der Waals surface area contributed by atoms with Crippen molar-refractivity contribution in [1.29, 1.82) is 0 Å². The summed E-state index contributed by atoms with van der Waals surface area (Å²) in [6, 6.07) is 4.26. The maximum atomic E-state index is 9.19. The molecule has 0 radical (unpaired) electrons. The molecular formula is C9H17NO3S. The number of nitrogens with zero attached hydrogens (tertiary/aromatic N) is 1. The highest BCUT2D eigenvalue weighted by molar-refractivity contribution is 7.85. The molecule has 14 heavy (non-hydrogen) atoms. The summed E-state index contributed by atoms with van der Waals surface area (Å²) < 4.78 is 28.0. The molecule has 1 aromatic heterocycles. The minimum Gasteiger partial charge on any atom is -0.354 e. The Hall–Kier alpha value is -0.810. The van der Waals surface area contributed by atoms with Gasteiger partial charge in [-0.25, -0.2) is 0 Å². The van der Waals surface area contributed by atoms with Gasteiger partial charge in [0.15, 0.2) is 0 Å². The topological polar surface area (TPSA) is 59.3 Å². The van der Waals surface area contributed by atoms with Crippen LogP contribution in [0.2, 0.25) is 0 Å². The Morgan fingerprint density at radius 3 is 2.29 bits per heavy atom. The van der Waals surface area contributed by atoms with Crippen LogP contribution >= 0.6 is 0 Å². The molecule has 0 saturated heterocycles. The molecule has 0 spiro atoms. The fraction of sp³-hybridized carbons (Fsp3) is 0.556. The first kappa shape index (κ1) is 13.2. The zero-order chi connectivity index (χ0) is 11.2. The lowest BCUT2D eigenvalue weighted by molar-refractivity contribution is 0.490. The second-order valence-electron chi connectivity index (χ2n) is 3.09. The molecule has 1 N–H and O–H groups in total. The highest BCUT2D eigenvalue weighted by Crippen LogP contribution is 2.01. The van der Waals surface area contributed by atoms with Gasteiger partial charge < -0.3 is 4.57 Å². The second-order valence-corrected chi connectivity index (χ2v) is 4.56. The van der Waals surface area contributed by atoms with E-state index in [0.29, 0.717) is 6.26 Å². The van der Waals surface area contributed by atoms with Crippen LogP contribution in [0.1, 0.15) is 19.0 Å². The fourth-order valence-corrected chi connectivity index (χ4v) is 1.01. The summed E-state index contributed by atoms with van der Waals surface area (Å²) in [6.07, 6.45) is 5.24. The molecule has 1 rings (SSSR count). The largest absolute Gasteiger partial charge is 0.354 e. The molecule has 5 heteroatoms. The van der Waals surface area contributed by atoms with Crippen LogP contribution in [0.3, 0.4) is 0 Å². The quantitative estimate of drug-likeness (QED) is 0.766. The maximum absolute atomic E-state index is 9.19. The number of aryl methyl sites for hydroxylation is 2. The van der Waals surface area contributed by atoms with E-state index in [4.69, 9.17) is 4.55 Å². The molecule has 4 nitrogen and oxygen atoms in total. The highest BCUT2D eigenvalue weighted by Gasteiger charge is 1.91. The van der Waals surface area contributed by atoms with Gasteiger partial charge in [0.05, 0.1) is 6.26 Å². The molecule has 1 aromatic rings. The molecule has 0 aliphatic heterocycles. The molecule has 1 heterocycles. The van der Waals surface area contributed by atoms with Crippen molar-refractivity contribution < 1.29 is 13.0 Å². The molecule has 0 aromatic carbocycles. The Morgan fingerprint density at radius 1 is 1.50 bits per heavy atom. The van der Waals surface area contributed by atoms with E-state index in [2.05, 4.69) is 36.9 Å². The van der Waals surface area contributed by atoms with Crippen LogP contribution in [0.5, 0.6) is 0 Å². The Bertz CT molecular complexity index is 346. The summed E-state index contributed by atoms with van der Waals surface area (Å²) in [5.74, 6) is 0. The van der Waals surface area contributed by atoms with E-state index in [-0.39, 0.29) is 0 Å². The van der Waals surface area contributed by atoms with Crippen LogP contribution in [0.4, 0.5) is 0 Å². The van der Waals surface area contributed by atoms with Gasteiger partial charge in [-0.2, -0.15) is 8.42 Å². The SMILES string of the molecule is CCCc1cccn1C.CS(=O)(=O)O. The lowest BCUT2D eigenvalue weighted by atomic mass is 10.2. The predicted molar refractivity (Wildman–Crippen MR) is 56.9 cm³/mol. The first-order valence-corrected chi connectivity index (χ1v) is 6.22. The van der Waals surface area contributed by atoms with E-state index >= 15 is 0 Å². The zero-order valence-corrected chi connectivity index (χ0v) is 9.58. The van der Waals surface area contributed by atoms with E-state index in [9.17, 15) is 8.42 Å². The Kier molecular flexibility index (Phi) is 5.49. The van der Waals surface area contributed by atoms with E-state index < -0.39 is 10.1 Å². The normalized spacial score (nSPS) is 10.6. The minimum absolute atomic E-state index is 0.715. The number of hydrogen-bond donors (Lipinski definition) is 1. The second kappa shape index (κ2) is 5.82. The van der Waals surface area contributed by atoms with E-state index in [1.807, 2.05) is 0 Å². The molecular weight excluding hydrogens is 202 g/mol. The predicted octanol–water partition coefficient (Wildman–Crippen LogP) is 1.48. The Labute approximate surface area is 85.3 Å². The van der Waals surface area contributed by atoms with Gasteiger partial charge in [0.2, 0.25) is 0 Å². The molecule has 0 fully saturated rings. The molecule has 0 unspecified atom stereocenters. The van der Waals surface area contributed by atoms with Crippen LogP contribution in [-0.4, -0.2) is 23.8 Å². The van der Waals surface area contributed by atoms with Gasteiger partial charge in [0.1, 0.15) is 0 Å². The molecule has 0 aliphatic rings. The van der Waals surface area contributed by atoms with E-state index in [1.165, 1.54) is 18.5 Å². The van der Waals surface area contributed by atoms with Crippen molar-refractivity contribution in [2.75, 3.05) is 6.26 Å². The number of rotatable bonds is 2. The maximum Gasteiger partial charge on any atom is 0.261 e. The van der Waals surface area contributed by atoms with Crippen molar-refractivity contribution in [2.45, 2.75) is 19.8 Å². The van der Waals surface area contributed by atoms with Crippen molar-refractivity contribution in [3.05, 3.63) is 24.0 Å². The molecule has 82 valence electrons. The summed E-state index contributed by atoms with van der Waals surface area (Å²) in [5, 5.41) is 0. The van der Waals surface area contributed by atoms with E-state index in [1.54, 1.807) is 0 Å². The van der Waals surface area contributed by atoms with E-state index in [0.717, 1.165) is 0 Å². The van der Waals surface area contributed by atoms with Crippen molar-refractivity contribution in [3.63, 3.8) is 0 Å². The van der Waals surface area contributed by atoms with Crippen molar-refractivity contribution >= 4 is 10.1 Å². The summed E-state index contributed by atoms with van der Waals surface area (Å²) in [5.41, 5.74) is 1.43. The molecule has 0 bridgehead atoms. The van der Waals surface area contributed by atoms with Crippen LogP contribution in [0.15, 0.2) is 18.3 Å². The van der Waals surface area contributed by atoms with Crippen molar-refractivity contribution in [2.24, 2.45) is 7.05 Å². The lowest BCUT2D eigenvalue weighted by Crippen LogP contribution is -1.92. The highest BCUT2D eigenvalue weighted by atomic mass is 32.2. The van der Waals surface area contributed by atoms with Crippen LogP contribution < -0.4 is 0 Å². The van der Waals surface area contributed by atoms with Crippen LogP contribution in [0.25, 0.3) is 0 Å². The van der Waals surface area contributed by atoms with Gasteiger partial charge in [0.25, 0.3) is 10.1 Å². The smallest absolute Gasteiger partial charge is 0.261 e. The average Bonchev–Trinajstić information content (AvgIpc) is 2.34. The third-order valence-electron chi connectivity index (χ3n) is 1.56. The molecule has 0 atom stereocenters. The standard InChI is InChI=1S/C8H13N.CH4O3S/c1-3-5-8-6-4-7-9(8)2;1-5(2,3)4/h4,6-7H,3,5H2,1-2H3;1H3,(H,2,3,4). The third-order valence-corrected chi connectivity index (χ3v) is 1.56. The number of aromatic nitrogens is 1. The average molecular weight is 219 g/mol. The fourth-order valence-electron chi connectivity index (χ4n) is 1.01. The summed E-state index contributed by atoms with van der Waals surface area (Å²) >= 11 is 0. The third kappa shape index (κ3) is 7.82. The van der Waals surface area contributed by atoms with Gasteiger partial charge in [-0.1, -0.05) is 13.3 Å². The summed E-state index contributed by atoms with van der Waals surface area (Å²) in [4.78, 5) is 0. The Balaban J connectivity index is 0.000000292. The first-order valence-electron chi connectivity index (χ1n) is 4.37. The van der Waals surface area contributed by atoms with Crippen molar-refractivity contribution in [1.82, 2.24) is 4.57 Å². The summed E-state index contributed by atoms with van der Waals surface area (Å²) in [7, 11) is -1.58. The number of hydrogen-bond acceptors (Lipinski definition) is 2. The molecule has 0 amide bonds. The molecule has 0 saturated carbocycles. The van der Waals surface area contributed by atoms with Gasteiger partial charge in [-0.3, -0.25) is 4.55 Å². The first-order chi connectivity index (χ1) is 6.34. The minimum atomic E-state index is -3.67. The van der Waals surface area contributed by atoms with Gasteiger partial charge in [-0.05, 0) is 18.6 Å². The van der Waals surface area contributed by atoms with Gasteiger partial charge in [0, 0.05) is 18.9 Å². The Morgan fingerprint density at radius 2 is 2.00 bits per heavy atom. The van der Waals surface area contributed by atoms with Crippen LogP contribution in [0, 0.1) is 0 Å². The molecule has 0 aliphatic carbocycles. The monoisotopic (exact) mass is 219 g/mol. The zero-order valence-electron chi connectivity index (χ0n) is 8.77. The van der Waals surface area contributed by atoms with Crippen LogP contribution in [-0.2, 0) is 23.6 Å². The van der Waals surface area contributed by atoms with Gasteiger partial charge in [-0.15, -0.1) is 0 Å². The van der Waals surface area contributed by atoms with Gasteiger partial charge >= 0.3 is 0 Å². The summed E-state index contributed by atoms with van der Waals surface area (Å²) in [6.45, 7) is 2.20.